The first-order chi connectivity index (χ1) is 11.5. The van der Waals surface area contributed by atoms with Gasteiger partial charge in [-0.15, -0.1) is 0 Å². The van der Waals surface area contributed by atoms with Crippen molar-refractivity contribution in [1.29, 1.82) is 0 Å². The zero-order chi connectivity index (χ0) is 17.5. The van der Waals surface area contributed by atoms with Gasteiger partial charge in [0.15, 0.2) is 0 Å². The summed E-state index contributed by atoms with van der Waals surface area (Å²) in [6, 6.07) is 15.4. The molecular formula is C19H21NO4. The minimum Gasteiger partial charge on any atom is -0.480 e. The Balaban J connectivity index is 2.19. The number of methoxy groups -OCH3 is 1. The Morgan fingerprint density at radius 1 is 1.08 bits per heavy atom. The second-order valence-electron chi connectivity index (χ2n) is 5.59. The molecule has 0 radical (unpaired) electrons. The molecule has 0 spiro atoms. The van der Waals surface area contributed by atoms with Crippen LogP contribution in [0.3, 0.4) is 0 Å². The molecule has 1 N–H and O–H groups in total. The number of carbonyl (C=O) groups excluding carboxylic acids is 1. The topological polar surface area (TPSA) is 66.8 Å². The van der Waals surface area contributed by atoms with Gasteiger partial charge in [0, 0.05) is 26.1 Å². The van der Waals surface area contributed by atoms with E-state index in [1.54, 1.807) is 25.3 Å². The molecule has 1 unspecified atom stereocenters. The molecule has 0 aliphatic carbocycles. The normalized spacial score (nSPS) is 11.8. The maximum Gasteiger partial charge on any atom is 0.326 e. The predicted molar refractivity (Wildman–Crippen MR) is 90.8 cm³/mol. The van der Waals surface area contributed by atoms with Crippen molar-refractivity contribution >= 4 is 11.9 Å². The van der Waals surface area contributed by atoms with Crippen LogP contribution in [-0.4, -0.2) is 42.1 Å². The van der Waals surface area contributed by atoms with Gasteiger partial charge in [-0.3, -0.25) is 4.79 Å². The molecule has 24 heavy (non-hydrogen) atoms. The van der Waals surface area contributed by atoms with E-state index in [4.69, 9.17) is 4.74 Å². The highest BCUT2D eigenvalue weighted by molar-refractivity contribution is 5.96. The highest BCUT2D eigenvalue weighted by atomic mass is 16.5. The van der Waals surface area contributed by atoms with Gasteiger partial charge >= 0.3 is 5.97 Å². The number of benzene rings is 2. The van der Waals surface area contributed by atoms with E-state index < -0.39 is 12.0 Å². The molecule has 1 atom stereocenters. The molecule has 1 amide bonds. The lowest BCUT2D eigenvalue weighted by Crippen LogP contribution is -2.43. The van der Waals surface area contributed by atoms with E-state index in [1.165, 1.54) is 11.9 Å². The van der Waals surface area contributed by atoms with Crippen LogP contribution < -0.4 is 0 Å². The fraction of sp³-hybridized carbons (Fsp3) is 0.263. The number of carboxylic acid groups (broad SMARTS) is 1. The molecule has 0 bridgehead atoms. The molecule has 2 aromatic carbocycles. The lowest BCUT2D eigenvalue weighted by Gasteiger charge is -2.25. The van der Waals surface area contributed by atoms with Crippen molar-refractivity contribution in [3.63, 3.8) is 0 Å². The smallest absolute Gasteiger partial charge is 0.326 e. The van der Waals surface area contributed by atoms with Gasteiger partial charge in [-0.25, -0.2) is 4.79 Å². The highest BCUT2D eigenvalue weighted by Gasteiger charge is 2.27. The van der Waals surface area contributed by atoms with Crippen molar-refractivity contribution in [2.24, 2.45) is 0 Å². The number of aliphatic carboxylic acids is 1. The molecule has 0 saturated carbocycles. The fourth-order valence-corrected chi connectivity index (χ4v) is 2.53. The number of carbonyl (C=O) groups is 2. The third-order valence-electron chi connectivity index (χ3n) is 3.83. The van der Waals surface area contributed by atoms with Crippen LogP contribution >= 0.6 is 0 Å². The van der Waals surface area contributed by atoms with Crippen molar-refractivity contribution in [3.05, 3.63) is 71.3 Å². The Hall–Kier alpha value is -2.66. The van der Waals surface area contributed by atoms with Crippen molar-refractivity contribution in [2.75, 3.05) is 14.2 Å². The van der Waals surface area contributed by atoms with Crippen LogP contribution in [-0.2, 0) is 22.6 Å². The Bertz CT molecular complexity index is 700. The number of hydrogen-bond acceptors (Lipinski definition) is 3. The van der Waals surface area contributed by atoms with Gasteiger partial charge in [0.25, 0.3) is 5.91 Å². The second kappa shape index (κ2) is 8.26. The first kappa shape index (κ1) is 17.7. The molecule has 0 aliphatic heterocycles. The average molecular weight is 327 g/mol. The molecule has 2 rings (SSSR count). The monoisotopic (exact) mass is 327 g/mol. The largest absolute Gasteiger partial charge is 0.480 e. The summed E-state index contributed by atoms with van der Waals surface area (Å²) >= 11 is 0. The van der Waals surface area contributed by atoms with E-state index in [2.05, 4.69) is 0 Å². The summed E-state index contributed by atoms with van der Waals surface area (Å²) in [5.41, 5.74) is 2.19. The lowest BCUT2D eigenvalue weighted by atomic mass is 10.0. The van der Waals surface area contributed by atoms with Gasteiger partial charge in [-0.1, -0.05) is 42.5 Å². The number of likely N-dealkylation sites (N-methyl/N-ethyl adjacent to an activating group) is 1. The van der Waals surface area contributed by atoms with E-state index in [-0.39, 0.29) is 12.3 Å². The Morgan fingerprint density at radius 3 is 2.38 bits per heavy atom. The molecule has 0 fully saturated rings. The third kappa shape index (κ3) is 4.43. The second-order valence-corrected chi connectivity index (χ2v) is 5.59. The number of rotatable bonds is 7. The van der Waals surface area contributed by atoms with Crippen LogP contribution in [0.2, 0.25) is 0 Å². The number of nitrogens with zero attached hydrogens (tertiary/aromatic N) is 1. The number of amides is 1. The summed E-state index contributed by atoms with van der Waals surface area (Å²) in [6.07, 6.45) is 0.260. The molecule has 0 heterocycles. The van der Waals surface area contributed by atoms with E-state index in [0.29, 0.717) is 12.2 Å². The minimum absolute atomic E-state index is 0.260. The Kier molecular flexibility index (Phi) is 6.09. The SMILES string of the molecule is COCc1cccc(C(=O)N(C)C(Cc2ccccc2)C(=O)O)c1. The van der Waals surface area contributed by atoms with Gasteiger partial charge in [-0.2, -0.15) is 0 Å². The zero-order valence-corrected chi connectivity index (χ0v) is 13.8. The fourth-order valence-electron chi connectivity index (χ4n) is 2.53. The van der Waals surface area contributed by atoms with Crippen LogP contribution in [0.4, 0.5) is 0 Å². The van der Waals surface area contributed by atoms with E-state index >= 15 is 0 Å². The summed E-state index contributed by atoms with van der Waals surface area (Å²) in [6.45, 7) is 0.400. The molecule has 5 nitrogen and oxygen atoms in total. The van der Waals surface area contributed by atoms with Crippen LogP contribution in [0, 0.1) is 0 Å². The van der Waals surface area contributed by atoms with Gasteiger partial charge in [0.1, 0.15) is 6.04 Å². The van der Waals surface area contributed by atoms with Crippen molar-refractivity contribution < 1.29 is 19.4 Å². The van der Waals surface area contributed by atoms with Crippen LogP contribution in [0.1, 0.15) is 21.5 Å². The van der Waals surface area contributed by atoms with Crippen LogP contribution in [0.15, 0.2) is 54.6 Å². The third-order valence-corrected chi connectivity index (χ3v) is 3.83. The molecule has 5 heteroatoms. The van der Waals surface area contributed by atoms with Gasteiger partial charge in [-0.05, 0) is 23.3 Å². The summed E-state index contributed by atoms with van der Waals surface area (Å²) in [5, 5.41) is 9.53. The van der Waals surface area contributed by atoms with E-state index in [0.717, 1.165) is 11.1 Å². The van der Waals surface area contributed by atoms with Gasteiger partial charge in [0.2, 0.25) is 0 Å². The summed E-state index contributed by atoms with van der Waals surface area (Å²) < 4.78 is 5.07. The number of hydrogen-bond donors (Lipinski definition) is 1. The zero-order valence-electron chi connectivity index (χ0n) is 13.8. The predicted octanol–water partition coefficient (Wildman–Crippen LogP) is 2.60. The van der Waals surface area contributed by atoms with Crippen molar-refractivity contribution in [1.82, 2.24) is 4.90 Å². The molecule has 2 aromatic rings. The van der Waals surface area contributed by atoms with Crippen molar-refractivity contribution in [3.8, 4) is 0 Å². The standard InChI is InChI=1S/C19H21NO4/c1-20(17(19(22)23)12-14-7-4-3-5-8-14)18(21)16-10-6-9-15(11-16)13-24-2/h3-11,17H,12-13H2,1-2H3,(H,22,23). The maximum absolute atomic E-state index is 12.7. The average Bonchev–Trinajstić information content (AvgIpc) is 2.59. The Morgan fingerprint density at radius 2 is 1.75 bits per heavy atom. The first-order valence-corrected chi connectivity index (χ1v) is 7.64. The first-order valence-electron chi connectivity index (χ1n) is 7.64. The van der Waals surface area contributed by atoms with Crippen LogP contribution in [0.25, 0.3) is 0 Å². The lowest BCUT2D eigenvalue weighted by molar-refractivity contribution is -0.141. The maximum atomic E-state index is 12.7. The van der Waals surface area contributed by atoms with Crippen LogP contribution in [0.5, 0.6) is 0 Å². The number of ether oxygens (including phenoxy) is 1. The van der Waals surface area contributed by atoms with E-state index in [9.17, 15) is 14.7 Å². The molecule has 0 saturated heterocycles. The van der Waals surface area contributed by atoms with Crippen molar-refractivity contribution in [2.45, 2.75) is 19.1 Å². The Labute approximate surface area is 141 Å². The van der Waals surface area contributed by atoms with Gasteiger partial charge in [0.05, 0.1) is 6.61 Å². The summed E-state index contributed by atoms with van der Waals surface area (Å²) in [4.78, 5) is 25.6. The molecule has 0 aromatic heterocycles. The minimum atomic E-state index is -1.03. The molecular weight excluding hydrogens is 306 g/mol. The van der Waals surface area contributed by atoms with Gasteiger partial charge < -0.3 is 14.7 Å². The summed E-state index contributed by atoms with van der Waals surface area (Å²) in [7, 11) is 3.11. The molecule has 0 aliphatic rings. The molecule has 126 valence electrons. The quantitative estimate of drug-likeness (QED) is 0.849. The summed E-state index contributed by atoms with van der Waals surface area (Å²) in [5.74, 6) is -1.35. The highest BCUT2D eigenvalue weighted by Crippen LogP contribution is 2.14. The van der Waals surface area contributed by atoms with E-state index in [1.807, 2.05) is 36.4 Å². The number of carboxylic acids is 1.